The molecule has 2 N–H and O–H groups in total. The van der Waals surface area contributed by atoms with E-state index in [4.69, 9.17) is 5.73 Å². The molecule has 0 saturated carbocycles. The molecule has 2 atom stereocenters. The van der Waals surface area contributed by atoms with Crippen LogP contribution in [0.2, 0.25) is 0 Å². The number of carbonyl (C=O) groups excluding carboxylic acids is 2. The molecule has 2 aromatic carbocycles. The first-order chi connectivity index (χ1) is 12.7. The smallest absolute Gasteiger partial charge is 0.261 e. The van der Waals surface area contributed by atoms with E-state index in [1.807, 2.05) is 6.07 Å². The van der Waals surface area contributed by atoms with Crippen LogP contribution in [0.3, 0.4) is 0 Å². The predicted octanol–water partition coefficient (Wildman–Crippen LogP) is 1.96. The van der Waals surface area contributed by atoms with Gasteiger partial charge in [-0.15, -0.1) is 0 Å². The standard InChI is InChI=1S/C21H23N3O2/c22-12-16-13-23(14-19(16)15-6-2-1-3-7-15)10-11-24-20(25)17-8-4-5-9-18(17)21(24)26/h1-9,16,19H,10-14,22H2/t16-,19+/m1/s1. The number of hydrogen-bond donors (Lipinski definition) is 1. The second kappa shape index (κ2) is 7.02. The summed E-state index contributed by atoms with van der Waals surface area (Å²) in [5.41, 5.74) is 8.34. The second-order valence-electron chi connectivity index (χ2n) is 7.08. The highest BCUT2D eigenvalue weighted by atomic mass is 16.2. The highest BCUT2D eigenvalue weighted by Crippen LogP contribution is 2.32. The highest BCUT2D eigenvalue weighted by Gasteiger charge is 2.37. The van der Waals surface area contributed by atoms with E-state index < -0.39 is 0 Å². The van der Waals surface area contributed by atoms with Crippen LogP contribution in [0.4, 0.5) is 0 Å². The Kier molecular flexibility index (Phi) is 4.57. The van der Waals surface area contributed by atoms with Crippen molar-refractivity contribution in [1.29, 1.82) is 0 Å². The summed E-state index contributed by atoms with van der Waals surface area (Å²) in [5.74, 6) is 0.447. The van der Waals surface area contributed by atoms with Crippen molar-refractivity contribution in [2.24, 2.45) is 11.7 Å². The first kappa shape index (κ1) is 16.9. The summed E-state index contributed by atoms with van der Waals surface area (Å²) < 4.78 is 0. The second-order valence-corrected chi connectivity index (χ2v) is 7.08. The van der Waals surface area contributed by atoms with Gasteiger partial charge in [-0.2, -0.15) is 0 Å². The Morgan fingerprint density at radius 3 is 2.08 bits per heavy atom. The molecule has 2 amide bonds. The zero-order valence-corrected chi connectivity index (χ0v) is 14.7. The molecular formula is C21H23N3O2. The van der Waals surface area contributed by atoms with Crippen LogP contribution in [-0.2, 0) is 0 Å². The molecular weight excluding hydrogens is 326 g/mol. The van der Waals surface area contributed by atoms with Gasteiger partial charge in [0.2, 0.25) is 0 Å². The number of benzene rings is 2. The lowest BCUT2D eigenvalue weighted by Crippen LogP contribution is -2.37. The molecule has 4 rings (SSSR count). The number of nitrogens with zero attached hydrogens (tertiary/aromatic N) is 2. The van der Waals surface area contributed by atoms with Gasteiger partial charge >= 0.3 is 0 Å². The fourth-order valence-electron chi connectivity index (χ4n) is 4.14. The van der Waals surface area contributed by atoms with Gasteiger partial charge in [0.05, 0.1) is 11.1 Å². The van der Waals surface area contributed by atoms with Crippen LogP contribution in [0.25, 0.3) is 0 Å². The van der Waals surface area contributed by atoms with Crippen LogP contribution < -0.4 is 5.73 Å². The molecule has 2 aliphatic rings. The first-order valence-electron chi connectivity index (χ1n) is 9.11. The molecule has 5 nitrogen and oxygen atoms in total. The third-order valence-corrected chi connectivity index (χ3v) is 5.57. The Morgan fingerprint density at radius 2 is 1.46 bits per heavy atom. The molecule has 0 aliphatic carbocycles. The molecule has 0 unspecified atom stereocenters. The summed E-state index contributed by atoms with van der Waals surface area (Å²) in [7, 11) is 0. The van der Waals surface area contributed by atoms with Crippen molar-refractivity contribution < 1.29 is 9.59 Å². The molecule has 134 valence electrons. The zero-order valence-electron chi connectivity index (χ0n) is 14.7. The number of likely N-dealkylation sites (tertiary alicyclic amines) is 1. The Balaban J connectivity index is 1.42. The minimum atomic E-state index is -0.181. The molecule has 0 bridgehead atoms. The monoisotopic (exact) mass is 349 g/mol. The summed E-state index contributed by atoms with van der Waals surface area (Å²) in [6, 6.07) is 17.5. The fourth-order valence-corrected chi connectivity index (χ4v) is 4.14. The normalized spacial score (nSPS) is 22.9. The minimum absolute atomic E-state index is 0.181. The maximum Gasteiger partial charge on any atom is 0.261 e. The number of amides is 2. The fraction of sp³-hybridized carbons (Fsp3) is 0.333. The molecule has 2 aromatic rings. The lowest BCUT2D eigenvalue weighted by molar-refractivity contribution is 0.0640. The van der Waals surface area contributed by atoms with Crippen LogP contribution in [0.1, 0.15) is 32.2 Å². The molecule has 0 radical (unpaired) electrons. The number of carbonyl (C=O) groups is 2. The van der Waals surface area contributed by atoms with Crippen LogP contribution in [-0.4, -0.2) is 54.3 Å². The maximum absolute atomic E-state index is 12.5. The van der Waals surface area contributed by atoms with E-state index in [-0.39, 0.29) is 11.8 Å². The number of nitrogens with two attached hydrogens (primary N) is 1. The lowest BCUT2D eigenvalue weighted by atomic mass is 9.89. The molecule has 0 aromatic heterocycles. The van der Waals surface area contributed by atoms with Gasteiger partial charge in [-0.05, 0) is 30.2 Å². The van der Waals surface area contributed by atoms with Crippen LogP contribution in [0.15, 0.2) is 54.6 Å². The first-order valence-corrected chi connectivity index (χ1v) is 9.11. The number of hydrogen-bond acceptors (Lipinski definition) is 4. The van der Waals surface area contributed by atoms with Crippen molar-refractivity contribution in [3.63, 3.8) is 0 Å². The van der Waals surface area contributed by atoms with Gasteiger partial charge in [-0.3, -0.25) is 14.5 Å². The van der Waals surface area contributed by atoms with Crippen LogP contribution in [0, 0.1) is 5.92 Å². The van der Waals surface area contributed by atoms with E-state index in [9.17, 15) is 9.59 Å². The molecule has 26 heavy (non-hydrogen) atoms. The van der Waals surface area contributed by atoms with Gasteiger partial charge in [0.1, 0.15) is 0 Å². The Hall–Kier alpha value is -2.50. The molecule has 2 aliphatic heterocycles. The van der Waals surface area contributed by atoms with Gasteiger partial charge in [0.25, 0.3) is 11.8 Å². The Bertz CT molecular complexity index is 786. The van der Waals surface area contributed by atoms with Crippen molar-refractivity contribution in [3.05, 3.63) is 71.3 Å². The zero-order chi connectivity index (χ0) is 18.1. The quantitative estimate of drug-likeness (QED) is 0.838. The van der Waals surface area contributed by atoms with Gasteiger partial charge < -0.3 is 10.6 Å². The Labute approximate surface area is 153 Å². The molecule has 1 fully saturated rings. The Morgan fingerprint density at radius 1 is 0.846 bits per heavy atom. The summed E-state index contributed by atoms with van der Waals surface area (Å²) in [4.78, 5) is 28.7. The van der Waals surface area contributed by atoms with Gasteiger partial charge in [0.15, 0.2) is 0 Å². The summed E-state index contributed by atoms with van der Waals surface area (Å²) in [6.45, 7) is 3.56. The molecule has 0 spiro atoms. The third-order valence-electron chi connectivity index (χ3n) is 5.57. The van der Waals surface area contributed by atoms with Gasteiger partial charge in [-0.1, -0.05) is 42.5 Å². The van der Waals surface area contributed by atoms with E-state index in [1.165, 1.54) is 10.5 Å². The topological polar surface area (TPSA) is 66.6 Å². The van der Waals surface area contributed by atoms with E-state index in [1.54, 1.807) is 24.3 Å². The van der Waals surface area contributed by atoms with Crippen LogP contribution in [0.5, 0.6) is 0 Å². The molecule has 1 saturated heterocycles. The van der Waals surface area contributed by atoms with Crippen molar-refractivity contribution >= 4 is 11.8 Å². The summed E-state index contributed by atoms with van der Waals surface area (Å²) in [5, 5.41) is 0. The SMILES string of the molecule is NC[C@@H]1CN(CCN2C(=O)c3ccccc3C2=O)C[C@H]1c1ccccc1. The van der Waals surface area contributed by atoms with E-state index in [0.29, 0.717) is 42.6 Å². The van der Waals surface area contributed by atoms with E-state index in [0.717, 1.165) is 13.1 Å². The largest absolute Gasteiger partial charge is 0.330 e. The highest BCUT2D eigenvalue weighted by molar-refractivity contribution is 6.21. The van der Waals surface area contributed by atoms with Gasteiger partial charge in [0, 0.05) is 32.1 Å². The average Bonchev–Trinajstić information content (AvgIpc) is 3.21. The summed E-state index contributed by atoms with van der Waals surface area (Å²) in [6.07, 6.45) is 0. The number of fused-ring (bicyclic) bond motifs is 1. The lowest BCUT2D eigenvalue weighted by Gasteiger charge is -2.20. The number of imide groups is 1. The number of rotatable bonds is 5. The predicted molar refractivity (Wildman–Crippen MR) is 100.0 cm³/mol. The van der Waals surface area contributed by atoms with Crippen molar-refractivity contribution in [1.82, 2.24) is 9.80 Å². The molecule has 2 heterocycles. The summed E-state index contributed by atoms with van der Waals surface area (Å²) >= 11 is 0. The van der Waals surface area contributed by atoms with Crippen molar-refractivity contribution in [2.75, 3.05) is 32.7 Å². The van der Waals surface area contributed by atoms with E-state index >= 15 is 0 Å². The van der Waals surface area contributed by atoms with Crippen molar-refractivity contribution in [2.45, 2.75) is 5.92 Å². The third kappa shape index (κ3) is 2.93. The van der Waals surface area contributed by atoms with Gasteiger partial charge in [-0.25, -0.2) is 0 Å². The maximum atomic E-state index is 12.5. The minimum Gasteiger partial charge on any atom is -0.330 e. The van der Waals surface area contributed by atoms with Crippen molar-refractivity contribution in [3.8, 4) is 0 Å². The average molecular weight is 349 g/mol. The molecule has 5 heteroatoms. The van der Waals surface area contributed by atoms with Crippen LogP contribution >= 0.6 is 0 Å². The van der Waals surface area contributed by atoms with E-state index in [2.05, 4.69) is 29.2 Å².